The summed E-state index contributed by atoms with van der Waals surface area (Å²) < 4.78 is 63.7. The van der Waals surface area contributed by atoms with Gasteiger partial charge >= 0.3 is 0 Å². The molecule has 2 rings (SSSR count). The molecule has 120 valence electrons. The van der Waals surface area contributed by atoms with Crippen LogP contribution in [0, 0.1) is 0 Å². The maximum absolute atomic E-state index is 10.6. The van der Waals surface area contributed by atoms with Crippen molar-refractivity contribution >= 4 is 57.1 Å². The first-order valence-electron chi connectivity index (χ1n) is 5.83. The molecule has 0 spiro atoms. The van der Waals surface area contributed by atoms with Gasteiger partial charge in [0.2, 0.25) is 30.9 Å². The second-order valence-electron chi connectivity index (χ2n) is 4.15. The normalized spacial score (nSPS) is 14.0. The van der Waals surface area contributed by atoms with E-state index >= 15 is 0 Å². The smallest absolute Gasteiger partial charge is 0.185 e. The maximum atomic E-state index is 10.6. The van der Waals surface area contributed by atoms with E-state index in [1.807, 2.05) is 30.3 Å². The SMILES string of the molecule is Clc1ccccc1.O=S(=O)=C1CC(=S(=O)=O)CC(=S(=O)=O)C1. The zero-order chi connectivity index (χ0) is 16.7. The van der Waals surface area contributed by atoms with Gasteiger partial charge in [-0.1, -0.05) is 29.8 Å². The van der Waals surface area contributed by atoms with E-state index in [4.69, 9.17) is 11.6 Å². The van der Waals surface area contributed by atoms with Gasteiger partial charge in [-0.25, -0.2) is 0 Å². The molecule has 1 aromatic carbocycles. The van der Waals surface area contributed by atoms with Crippen molar-refractivity contribution in [3.63, 3.8) is 0 Å². The van der Waals surface area contributed by atoms with E-state index in [1.54, 1.807) is 0 Å². The van der Waals surface area contributed by atoms with Crippen LogP contribution in [0.2, 0.25) is 5.02 Å². The van der Waals surface area contributed by atoms with Gasteiger partial charge in [-0.2, -0.15) is 25.3 Å². The summed E-state index contributed by atoms with van der Waals surface area (Å²) in [4.78, 5) is -0.334. The Balaban J connectivity index is 0.000000287. The summed E-state index contributed by atoms with van der Waals surface area (Å²) in [5.74, 6) is 0. The molecule has 22 heavy (non-hydrogen) atoms. The molecule has 0 atom stereocenters. The molecule has 0 heterocycles. The van der Waals surface area contributed by atoms with Crippen LogP contribution in [-0.4, -0.2) is 39.8 Å². The minimum Gasteiger partial charge on any atom is -0.185 e. The molecule has 0 aliphatic heterocycles. The van der Waals surface area contributed by atoms with Crippen molar-refractivity contribution in [2.75, 3.05) is 0 Å². The Morgan fingerprint density at radius 2 is 0.955 bits per heavy atom. The Kier molecular flexibility index (Phi) is 7.52. The van der Waals surface area contributed by atoms with E-state index in [-0.39, 0.29) is 33.9 Å². The molecule has 10 heteroatoms. The minimum atomic E-state index is -2.55. The van der Waals surface area contributed by atoms with Gasteiger partial charge in [0.1, 0.15) is 0 Å². The maximum Gasteiger partial charge on any atom is 0.213 e. The summed E-state index contributed by atoms with van der Waals surface area (Å²) in [6, 6.07) is 9.44. The van der Waals surface area contributed by atoms with Crippen LogP contribution in [-0.2, 0) is 30.9 Å². The van der Waals surface area contributed by atoms with E-state index in [9.17, 15) is 25.3 Å². The lowest BCUT2D eigenvalue weighted by Crippen LogP contribution is -2.24. The summed E-state index contributed by atoms with van der Waals surface area (Å²) in [5.41, 5.74) is 0. The molecule has 1 aromatic rings. The summed E-state index contributed by atoms with van der Waals surface area (Å²) in [6.45, 7) is 0. The van der Waals surface area contributed by atoms with Gasteiger partial charge in [0.15, 0.2) is 0 Å². The van der Waals surface area contributed by atoms with Crippen molar-refractivity contribution in [1.29, 1.82) is 0 Å². The molecular formula is C12H11ClO6S3. The molecule has 1 fully saturated rings. The molecule has 0 bridgehead atoms. The van der Waals surface area contributed by atoms with Crippen LogP contribution < -0.4 is 0 Å². The van der Waals surface area contributed by atoms with E-state index in [0.29, 0.717) is 0 Å². The standard InChI is InChI=1S/C6H5Cl.C6H6O6S3/c7-6-4-2-1-3-5-6;7-13(8)4-1-5(14(9)10)3-6(2-4)15(11)12/h1-5H;1-3H2. The lowest BCUT2D eigenvalue weighted by molar-refractivity contribution is 0.626. The van der Waals surface area contributed by atoms with Crippen molar-refractivity contribution < 1.29 is 25.3 Å². The average molecular weight is 383 g/mol. The van der Waals surface area contributed by atoms with Crippen molar-refractivity contribution in [1.82, 2.24) is 0 Å². The fourth-order valence-corrected chi connectivity index (χ4v) is 3.79. The highest BCUT2D eigenvalue weighted by molar-refractivity contribution is 7.76. The second-order valence-corrected chi connectivity index (χ2v) is 7.72. The molecule has 6 nitrogen and oxygen atoms in total. The fraction of sp³-hybridized carbons (Fsp3) is 0.250. The number of hydrogen-bond acceptors (Lipinski definition) is 6. The van der Waals surface area contributed by atoms with Crippen LogP contribution in [0.25, 0.3) is 0 Å². The summed E-state index contributed by atoms with van der Waals surface area (Å²) in [6.07, 6.45) is -0.604. The molecule has 0 radical (unpaired) electrons. The molecule has 0 unspecified atom stereocenters. The predicted octanol–water partition coefficient (Wildman–Crippen LogP) is 0.665. The molecule has 0 N–H and O–H groups in total. The average Bonchev–Trinajstić information content (AvgIpc) is 2.48. The summed E-state index contributed by atoms with van der Waals surface area (Å²) in [5, 5.41) is 0.794. The fourth-order valence-electron chi connectivity index (χ4n) is 1.62. The number of benzene rings is 1. The first-order chi connectivity index (χ1) is 10.3. The van der Waals surface area contributed by atoms with Gasteiger partial charge < -0.3 is 0 Å². The third-order valence-corrected chi connectivity index (χ3v) is 5.16. The van der Waals surface area contributed by atoms with Crippen LogP contribution in [0.3, 0.4) is 0 Å². The van der Waals surface area contributed by atoms with Crippen molar-refractivity contribution in [2.24, 2.45) is 0 Å². The lowest BCUT2D eigenvalue weighted by atomic mass is 10.0. The minimum absolute atomic E-state index is 0.111. The lowest BCUT2D eigenvalue weighted by Gasteiger charge is -2.10. The van der Waals surface area contributed by atoms with Gasteiger partial charge in [0, 0.05) is 24.3 Å². The summed E-state index contributed by atoms with van der Waals surface area (Å²) >= 11 is 5.54. The third kappa shape index (κ3) is 6.14. The Hall–Kier alpha value is -1.42. The Labute approximate surface area is 137 Å². The van der Waals surface area contributed by atoms with Gasteiger partial charge in [0.05, 0.1) is 14.6 Å². The zero-order valence-electron chi connectivity index (χ0n) is 11.1. The molecule has 1 aliphatic rings. The molecule has 1 aliphatic carbocycles. The largest absolute Gasteiger partial charge is 0.213 e. The van der Waals surface area contributed by atoms with Gasteiger partial charge in [-0.15, -0.1) is 0 Å². The molecule has 0 amide bonds. The predicted molar refractivity (Wildman–Crippen MR) is 87.1 cm³/mol. The van der Waals surface area contributed by atoms with Crippen LogP contribution in [0.1, 0.15) is 19.3 Å². The van der Waals surface area contributed by atoms with Gasteiger partial charge in [-0.3, -0.25) is 0 Å². The Bertz CT molecular complexity index is 819. The molecule has 0 saturated heterocycles. The zero-order valence-corrected chi connectivity index (χ0v) is 14.3. The van der Waals surface area contributed by atoms with Crippen molar-refractivity contribution in [3.8, 4) is 0 Å². The number of halogens is 1. The molecular weight excluding hydrogens is 372 g/mol. The van der Waals surface area contributed by atoms with Gasteiger partial charge in [0.25, 0.3) is 0 Å². The highest BCUT2D eigenvalue weighted by Crippen LogP contribution is 2.09. The highest BCUT2D eigenvalue weighted by Gasteiger charge is 2.21. The highest BCUT2D eigenvalue weighted by atomic mass is 35.5. The topological polar surface area (TPSA) is 102 Å². The van der Waals surface area contributed by atoms with Crippen molar-refractivity contribution in [3.05, 3.63) is 35.4 Å². The van der Waals surface area contributed by atoms with Crippen LogP contribution in [0.15, 0.2) is 30.3 Å². The third-order valence-electron chi connectivity index (χ3n) is 2.62. The first-order valence-corrected chi connectivity index (χ1v) is 9.44. The first kappa shape index (κ1) is 18.6. The molecule has 0 aromatic heterocycles. The van der Waals surface area contributed by atoms with Crippen LogP contribution >= 0.6 is 11.6 Å². The van der Waals surface area contributed by atoms with E-state index in [0.717, 1.165) is 5.02 Å². The Morgan fingerprint density at radius 1 is 0.636 bits per heavy atom. The molecule has 1 saturated carbocycles. The quantitative estimate of drug-likeness (QED) is 0.611. The van der Waals surface area contributed by atoms with Crippen molar-refractivity contribution in [2.45, 2.75) is 19.3 Å². The van der Waals surface area contributed by atoms with Gasteiger partial charge in [-0.05, 0) is 12.1 Å². The number of rotatable bonds is 0. The monoisotopic (exact) mass is 382 g/mol. The van der Waals surface area contributed by atoms with Crippen LogP contribution in [0.5, 0.6) is 0 Å². The van der Waals surface area contributed by atoms with E-state index in [1.165, 1.54) is 0 Å². The van der Waals surface area contributed by atoms with E-state index < -0.39 is 30.9 Å². The van der Waals surface area contributed by atoms with Crippen LogP contribution in [0.4, 0.5) is 0 Å². The van der Waals surface area contributed by atoms with E-state index in [2.05, 4.69) is 0 Å². The second kappa shape index (κ2) is 8.89. The Morgan fingerprint density at radius 3 is 1.14 bits per heavy atom. The number of hydrogen-bond donors (Lipinski definition) is 0. The summed E-state index contributed by atoms with van der Waals surface area (Å²) in [7, 11) is -7.64.